The van der Waals surface area contributed by atoms with E-state index in [-0.39, 0.29) is 17.7 Å². The van der Waals surface area contributed by atoms with Gasteiger partial charge >= 0.3 is 0 Å². The van der Waals surface area contributed by atoms with Gasteiger partial charge in [-0.15, -0.1) is 0 Å². The first-order valence-corrected chi connectivity index (χ1v) is 7.76. The van der Waals surface area contributed by atoms with Crippen LogP contribution >= 0.6 is 11.6 Å². The number of nitrogens with zero attached hydrogens (tertiary/aromatic N) is 1. The van der Waals surface area contributed by atoms with Crippen molar-refractivity contribution in [3.05, 3.63) is 52.7 Å². The molecule has 118 valence electrons. The molecule has 0 unspecified atom stereocenters. The van der Waals surface area contributed by atoms with Gasteiger partial charge in [0.05, 0.1) is 10.6 Å². The van der Waals surface area contributed by atoms with E-state index in [4.69, 9.17) is 11.6 Å². The van der Waals surface area contributed by atoms with Gasteiger partial charge in [-0.25, -0.2) is 4.98 Å². The molecule has 2 amide bonds. The van der Waals surface area contributed by atoms with Crippen LogP contribution in [0.15, 0.2) is 36.5 Å². The van der Waals surface area contributed by atoms with Crippen LogP contribution in [0.3, 0.4) is 0 Å². The molecule has 23 heavy (non-hydrogen) atoms. The topological polar surface area (TPSA) is 71.1 Å². The average Bonchev–Trinajstić information content (AvgIpc) is 3.32. The Hall–Kier alpha value is -2.40. The van der Waals surface area contributed by atoms with Crippen molar-refractivity contribution in [1.29, 1.82) is 0 Å². The van der Waals surface area contributed by atoms with E-state index >= 15 is 0 Å². The van der Waals surface area contributed by atoms with Crippen molar-refractivity contribution in [1.82, 2.24) is 4.98 Å². The second-order valence-electron chi connectivity index (χ2n) is 5.58. The number of hydrogen-bond acceptors (Lipinski definition) is 3. The smallest absolute Gasteiger partial charge is 0.257 e. The summed E-state index contributed by atoms with van der Waals surface area (Å²) < 4.78 is 0. The number of benzene rings is 1. The lowest BCUT2D eigenvalue weighted by Gasteiger charge is -2.10. The minimum Gasteiger partial charge on any atom is -0.322 e. The van der Waals surface area contributed by atoms with Gasteiger partial charge in [0, 0.05) is 23.9 Å². The number of halogens is 1. The third-order valence-corrected chi connectivity index (χ3v) is 3.98. The van der Waals surface area contributed by atoms with Gasteiger partial charge < -0.3 is 10.6 Å². The van der Waals surface area contributed by atoms with Crippen LogP contribution in [0.1, 0.15) is 28.8 Å². The first kappa shape index (κ1) is 15.5. The number of aromatic nitrogens is 1. The van der Waals surface area contributed by atoms with E-state index in [1.807, 2.05) is 13.0 Å². The number of rotatable bonds is 4. The Morgan fingerprint density at radius 2 is 2.00 bits per heavy atom. The van der Waals surface area contributed by atoms with Crippen LogP contribution in [0.5, 0.6) is 0 Å². The van der Waals surface area contributed by atoms with Crippen LogP contribution in [0.2, 0.25) is 5.02 Å². The van der Waals surface area contributed by atoms with Crippen molar-refractivity contribution in [2.45, 2.75) is 19.8 Å². The predicted octanol–water partition coefficient (Wildman–Crippen LogP) is 3.64. The molecule has 0 bridgehead atoms. The minimum atomic E-state index is -0.293. The van der Waals surface area contributed by atoms with Gasteiger partial charge in [-0.05, 0) is 37.5 Å². The van der Waals surface area contributed by atoms with E-state index in [0.29, 0.717) is 22.1 Å². The molecule has 6 heteroatoms. The summed E-state index contributed by atoms with van der Waals surface area (Å²) in [5.74, 6) is 0.207. The number of amides is 2. The first-order valence-electron chi connectivity index (χ1n) is 7.38. The fourth-order valence-electron chi connectivity index (χ4n) is 2.26. The van der Waals surface area contributed by atoms with Crippen molar-refractivity contribution in [2.24, 2.45) is 5.92 Å². The number of aryl methyl sites for hydroxylation is 1. The molecule has 1 aliphatic rings. The molecule has 1 aromatic heterocycles. The van der Waals surface area contributed by atoms with E-state index in [1.165, 1.54) is 6.20 Å². The molecule has 0 radical (unpaired) electrons. The first-order chi connectivity index (χ1) is 11.0. The quantitative estimate of drug-likeness (QED) is 0.899. The Kier molecular flexibility index (Phi) is 4.30. The lowest BCUT2D eigenvalue weighted by Crippen LogP contribution is -2.16. The lowest BCUT2D eigenvalue weighted by atomic mass is 10.1. The minimum absolute atomic E-state index is 0.0251. The summed E-state index contributed by atoms with van der Waals surface area (Å²) in [4.78, 5) is 28.3. The fourth-order valence-corrected chi connectivity index (χ4v) is 2.57. The van der Waals surface area contributed by atoms with Gasteiger partial charge in [-0.1, -0.05) is 23.7 Å². The third kappa shape index (κ3) is 3.68. The summed E-state index contributed by atoms with van der Waals surface area (Å²) >= 11 is 6.10. The van der Waals surface area contributed by atoms with Crippen LogP contribution in [-0.2, 0) is 4.79 Å². The van der Waals surface area contributed by atoms with Gasteiger partial charge in [-0.3, -0.25) is 9.59 Å². The average molecular weight is 330 g/mol. The SMILES string of the molecule is Cc1cccc(Cl)c1C(=O)Nc1ccnc(NC(=O)C2CC2)c1. The maximum absolute atomic E-state index is 12.4. The van der Waals surface area contributed by atoms with E-state index in [1.54, 1.807) is 24.3 Å². The van der Waals surface area contributed by atoms with Crippen molar-refractivity contribution < 1.29 is 9.59 Å². The second-order valence-corrected chi connectivity index (χ2v) is 5.99. The van der Waals surface area contributed by atoms with Crippen LogP contribution in [0.4, 0.5) is 11.5 Å². The molecule has 1 aromatic carbocycles. The number of anilines is 2. The predicted molar refractivity (Wildman–Crippen MR) is 89.7 cm³/mol. The molecule has 5 nitrogen and oxygen atoms in total. The Labute approximate surface area is 139 Å². The van der Waals surface area contributed by atoms with E-state index in [0.717, 1.165) is 18.4 Å². The molecule has 0 aliphatic heterocycles. The highest BCUT2D eigenvalue weighted by Crippen LogP contribution is 2.30. The fraction of sp³-hybridized carbons (Fsp3) is 0.235. The summed E-state index contributed by atoms with van der Waals surface area (Å²) in [6, 6.07) is 8.60. The largest absolute Gasteiger partial charge is 0.322 e. The van der Waals surface area contributed by atoms with Crippen LogP contribution < -0.4 is 10.6 Å². The standard InChI is InChI=1S/C17H16ClN3O2/c1-10-3-2-4-13(18)15(10)17(23)20-12-7-8-19-14(9-12)21-16(22)11-5-6-11/h2-4,7-9,11H,5-6H2,1H3,(H2,19,20,21,22,23). The molecular formula is C17H16ClN3O2. The van der Waals surface area contributed by atoms with Crippen LogP contribution in [0, 0.1) is 12.8 Å². The Morgan fingerprint density at radius 1 is 1.22 bits per heavy atom. The highest BCUT2D eigenvalue weighted by Gasteiger charge is 2.29. The van der Waals surface area contributed by atoms with E-state index in [2.05, 4.69) is 15.6 Å². The highest BCUT2D eigenvalue weighted by atomic mass is 35.5. The Balaban J connectivity index is 1.74. The van der Waals surface area contributed by atoms with Gasteiger partial charge in [0.1, 0.15) is 5.82 Å². The molecule has 3 rings (SSSR count). The Morgan fingerprint density at radius 3 is 2.70 bits per heavy atom. The van der Waals surface area contributed by atoms with Gasteiger partial charge in [0.25, 0.3) is 5.91 Å². The molecule has 2 aromatic rings. The second kappa shape index (κ2) is 6.38. The van der Waals surface area contributed by atoms with Crippen molar-refractivity contribution in [3.8, 4) is 0 Å². The molecule has 0 saturated heterocycles. The molecule has 1 heterocycles. The molecule has 1 saturated carbocycles. The van der Waals surface area contributed by atoms with Crippen LogP contribution in [-0.4, -0.2) is 16.8 Å². The number of carbonyl (C=O) groups is 2. The third-order valence-electron chi connectivity index (χ3n) is 3.67. The number of pyridine rings is 1. The molecule has 1 fully saturated rings. The molecule has 0 spiro atoms. The van der Waals surface area contributed by atoms with Crippen molar-refractivity contribution in [3.63, 3.8) is 0 Å². The van der Waals surface area contributed by atoms with Crippen molar-refractivity contribution >= 4 is 34.9 Å². The molecule has 1 aliphatic carbocycles. The van der Waals surface area contributed by atoms with E-state index in [9.17, 15) is 9.59 Å². The highest BCUT2D eigenvalue weighted by molar-refractivity contribution is 6.34. The lowest BCUT2D eigenvalue weighted by molar-refractivity contribution is -0.117. The normalized spacial score (nSPS) is 13.5. The Bertz CT molecular complexity index is 752. The summed E-state index contributed by atoms with van der Waals surface area (Å²) in [6.07, 6.45) is 3.39. The number of hydrogen-bond donors (Lipinski definition) is 2. The maximum Gasteiger partial charge on any atom is 0.257 e. The molecule has 2 N–H and O–H groups in total. The zero-order chi connectivity index (χ0) is 16.4. The molecule has 0 atom stereocenters. The summed E-state index contributed by atoms with van der Waals surface area (Å²) in [7, 11) is 0. The zero-order valence-corrected chi connectivity index (χ0v) is 13.4. The van der Waals surface area contributed by atoms with Gasteiger partial charge in [0.2, 0.25) is 5.91 Å². The summed E-state index contributed by atoms with van der Waals surface area (Å²) in [5, 5.41) is 5.94. The van der Waals surface area contributed by atoms with E-state index < -0.39 is 0 Å². The number of nitrogens with one attached hydrogen (secondary N) is 2. The van der Waals surface area contributed by atoms with Gasteiger partial charge in [0.15, 0.2) is 0 Å². The van der Waals surface area contributed by atoms with Crippen LogP contribution in [0.25, 0.3) is 0 Å². The zero-order valence-electron chi connectivity index (χ0n) is 12.6. The van der Waals surface area contributed by atoms with Crippen molar-refractivity contribution in [2.75, 3.05) is 10.6 Å². The summed E-state index contributed by atoms with van der Waals surface area (Å²) in [5.41, 5.74) is 1.79. The monoisotopic (exact) mass is 329 g/mol. The maximum atomic E-state index is 12.4. The van der Waals surface area contributed by atoms with Gasteiger partial charge in [-0.2, -0.15) is 0 Å². The number of carbonyl (C=O) groups excluding carboxylic acids is 2. The summed E-state index contributed by atoms with van der Waals surface area (Å²) in [6.45, 7) is 1.83. The molecular weight excluding hydrogens is 314 g/mol.